The number of hydrogen-bond donors (Lipinski definition) is 1. The van der Waals surface area contributed by atoms with Crippen LogP contribution < -0.4 is 0 Å². The Hall–Kier alpha value is 0.230. The summed E-state index contributed by atoms with van der Waals surface area (Å²) in [6.07, 6.45) is 3.74. The quantitative estimate of drug-likeness (QED) is 0.841. The van der Waals surface area contributed by atoms with Crippen LogP contribution in [-0.4, -0.2) is 52.2 Å². The molecule has 2 fully saturated rings. The molecule has 3 N–H and O–H groups in total. The molecule has 0 saturated carbocycles. The zero-order valence-corrected chi connectivity index (χ0v) is 12.4. The Kier molecular flexibility index (Phi) is 8.47. The molecular weight excluding hydrogens is 234 g/mol. The van der Waals surface area contributed by atoms with Gasteiger partial charge in [-0.25, -0.2) is 0 Å². The van der Waals surface area contributed by atoms with Gasteiger partial charge in [-0.05, 0) is 43.2 Å². The van der Waals surface area contributed by atoms with Crippen molar-refractivity contribution in [3.8, 4) is 0 Å². The van der Waals surface area contributed by atoms with E-state index in [1.54, 1.807) is 0 Å². The van der Waals surface area contributed by atoms with Crippen LogP contribution in [-0.2, 0) is 0 Å². The predicted octanol–water partition coefficient (Wildman–Crippen LogP) is 1.79. The fourth-order valence-corrected chi connectivity index (χ4v) is 3.86. The highest BCUT2D eigenvalue weighted by atomic mass is 32.2. The zero-order valence-electron chi connectivity index (χ0n) is 11.5. The lowest BCUT2D eigenvalue weighted by molar-refractivity contribution is 0.0998. The highest BCUT2D eigenvalue weighted by Gasteiger charge is 2.47. The minimum atomic E-state index is 0. The minimum absolute atomic E-state index is 0. The third kappa shape index (κ3) is 3.85. The van der Waals surface area contributed by atoms with Gasteiger partial charge in [0, 0.05) is 12.1 Å². The van der Waals surface area contributed by atoms with Crippen molar-refractivity contribution in [1.29, 1.82) is 0 Å². The van der Waals surface area contributed by atoms with E-state index >= 15 is 0 Å². The second kappa shape index (κ2) is 8.35. The molecule has 104 valence electrons. The Bertz CT molecular complexity index is 204. The minimum Gasteiger partial charge on any atom is -0.412 e. The van der Waals surface area contributed by atoms with Crippen molar-refractivity contribution >= 4 is 11.8 Å². The van der Waals surface area contributed by atoms with Crippen LogP contribution in [0.1, 0.15) is 40.0 Å². The number of nitrogens with zero attached hydrogens (tertiary/aromatic N) is 1. The lowest BCUT2D eigenvalue weighted by Crippen LogP contribution is -2.41. The van der Waals surface area contributed by atoms with Crippen molar-refractivity contribution in [3.05, 3.63) is 0 Å². The smallest absolute Gasteiger partial charge is 0.0615 e. The van der Waals surface area contributed by atoms with Gasteiger partial charge in [0.1, 0.15) is 0 Å². The largest absolute Gasteiger partial charge is 0.412 e. The molecule has 2 saturated heterocycles. The molecule has 2 rings (SSSR count). The van der Waals surface area contributed by atoms with Crippen molar-refractivity contribution in [2.75, 3.05) is 31.2 Å². The van der Waals surface area contributed by atoms with Crippen LogP contribution in [0, 0.1) is 5.92 Å². The number of hydrogen-bond acceptors (Lipinski definition) is 3. The standard InChI is InChI=1S/C11H21NOS.C2H6.H2O/c1-2-14-8-10-6-11(9-13)4-3-5-12(11)7-10;1-2;/h10,13H,2-9H2,1H3;1-2H3;1H2/t10-,11+;;/m1../s1. The highest BCUT2D eigenvalue weighted by molar-refractivity contribution is 7.99. The molecular formula is C13H29NO2S. The third-order valence-corrected chi connectivity index (χ3v) is 4.86. The fraction of sp³-hybridized carbons (Fsp3) is 1.00. The first kappa shape index (κ1) is 17.2. The van der Waals surface area contributed by atoms with Gasteiger partial charge in [0.15, 0.2) is 0 Å². The molecule has 2 heterocycles. The van der Waals surface area contributed by atoms with Gasteiger partial charge in [-0.3, -0.25) is 4.90 Å². The predicted molar refractivity (Wildman–Crippen MR) is 76.7 cm³/mol. The van der Waals surface area contributed by atoms with E-state index < -0.39 is 0 Å². The molecule has 4 heteroatoms. The Labute approximate surface area is 110 Å². The molecule has 0 aromatic rings. The molecule has 2 aliphatic rings. The second-order valence-corrected chi connectivity index (χ2v) is 5.98. The van der Waals surface area contributed by atoms with Crippen LogP contribution in [0.25, 0.3) is 0 Å². The SMILES string of the molecule is CC.CCSC[C@H]1CN2CCC[C@@]2(CO)C1.O. The summed E-state index contributed by atoms with van der Waals surface area (Å²) in [6.45, 7) is 9.05. The number of aliphatic hydroxyl groups excluding tert-OH is 1. The molecule has 17 heavy (non-hydrogen) atoms. The molecule has 2 aliphatic heterocycles. The van der Waals surface area contributed by atoms with Crippen LogP contribution in [0.2, 0.25) is 0 Å². The molecule has 0 aliphatic carbocycles. The molecule has 0 unspecified atom stereocenters. The van der Waals surface area contributed by atoms with E-state index in [-0.39, 0.29) is 11.0 Å². The van der Waals surface area contributed by atoms with Gasteiger partial charge >= 0.3 is 0 Å². The number of aliphatic hydroxyl groups is 1. The Morgan fingerprint density at radius 2 is 2.12 bits per heavy atom. The molecule has 0 amide bonds. The van der Waals surface area contributed by atoms with Crippen molar-refractivity contribution in [3.63, 3.8) is 0 Å². The topological polar surface area (TPSA) is 55.0 Å². The lowest BCUT2D eigenvalue weighted by atomic mass is 9.92. The molecule has 0 aromatic heterocycles. The van der Waals surface area contributed by atoms with Crippen molar-refractivity contribution in [2.45, 2.75) is 45.6 Å². The zero-order chi connectivity index (χ0) is 12.0. The van der Waals surface area contributed by atoms with Gasteiger partial charge in [-0.2, -0.15) is 11.8 Å². The summed E-state index contributed by atoms with van der Waals surface area (Å²) in [5.41, 5.74) is 0.193. The van der Waals surface area contributed by atoms with Crippen LogP contribution in [0.5, 0.6) is 0 Å². The van der Waals surface area contributed by atoms with Gasteiger partial charge in [-0.1, -0.05) is 20.8 Å². The van der Waals surface area contributed by atoms with Gasteiger partial charge in [0.2, 0.25) is 0 Å². The van der Waals surface area contributed by atoms with Gasteiger partial charge in [-0.15, -0.1) is 0 Å². The fourth-order valence-electron chi connectivity index (χ4n) is 3.06. The summed E-state index contributed by atoms with van der Waals surface area (Å²) in [4.78, 5) is 2.54. The number of rotatable bonds is 4. The van der Waals surface area contributed by atoms with Gasteiger partial charge in [0.05, 0.1) is 6.61 Å². The summed E-state index contributed by atoms with van der Waals surface area (Å²) in [7, 11) is 0. The van der Waals surface area contributed by atoms with E-state index in [1.165, 1.54) is 43.9 Å². The van der Waals surface area contributed by atoms with E-state index in [0.29, 0.717) is 6.61 Å². The molecule has 0 bridgehead atoms. The van der Waals surface area contributed by atoms with Gasteiger partial charge in [0.25, 0.3) is 0 Å². The maximum Gasteiger partial charge on any atom is 0.0615 e. The lowest BCUT2D eigenvalue weighted by Gasteiger charge is -2.29. The summed E-state index contributed by atoms with van der Waals surface area (Å²) in [6, 6.07) is 0. The average molecular weight is 263 g/mol. The van der Waals surface area contributed by atoms with Crippen LogP contribution in [0.4, 0.5) is 0 Å². The maximum atomic E-state index is 9.52. The highest BCUT2D eigenvalue weighted by Crippen LogP contribution is 2.41. The first-order valence-corrected chi connectivity index (χ1v) is 7.90. The molecule has 2 atom stereocenters. The first-order valence-electron chi connectivity index (χ1n) is 6.74. The van der Waals surface area contributed by atoms with E-state index in [4.69, 9.17) is 0 Å². The van der Waals surface area contributed by atoms with Crippen LogP contribution >= 0.6 is 11.8 Å². The molecule has 0 aromatic carbocycles. The van der Waals surface area contributed by atoms with Crippen molar-refractivity contribution < 1.29 is 10.6 Å². The summed E-state index contributed by atoms with van der Waals surface area (Å²) in [5.74, 6) is 3.34. The maximum absolute atomic E-state index is 9.52. The summed E-state index contributed by atoms with van der Waals surface area (Å²) in [5, 5.41) is 9.52. The number of thioether (sulfide) groups is 1. The van der Waals surface area contributed by atoms with E-state index in [9.17, 15) is 5.11 Å². The number of fused-ring (bicyclic) bond motifs is 1. The normalized spacial score (nSPS) is 31.4. The molecule has 3 nitrogen and oxygen atoms in total. The van der Waals surface area contributed by atoms with Crippen molar-refractivity contribution in [2.24, 2.45) is 5.92 Å². The van der Waals surface area contributed by atoms with Gasteiger partial charge < -0.3 is 10.6 Å². The Balaban J connectivity index is 0.000000811. The Morgan fingerprint density at radius 3 is 2.65 bits per heavy atom. The molecule has 0 spiro atoms. The van der Waals surface area contributed by atoms with E-state index in [2.05, 4.69) is 11.8 Å². The summed E-state index contributed by atoms with van der Waals surface area (Å²) < 4.78 is 0. The Morgan fingerprint density at radius 1 is 1.41 bits per heavy atom. The first-order chi connectivity index (χ1) is 7.80. The average Bonchev–Trinajstić information content (AvgIpc) is 2.85. The van der Waals surface area contributed by atoms with Crippen molar-refractivity contribution in [1.82, 2.24) is 4.90 Å². The summed E-state index contributed by atoms with van der Waals surface area (Å²) >= 11 is 2.04. The molecule has 0 radical (unpaired) electrons. The monoisotopic (exact) mass is 263 g/mol. The van der Waals surface area contributed by atoms with E-state index in [0.717, 1.165) is 5.92 Å². The van der Waals surface area contributed by atoms with Crippen LogP contribution in [0.15, 0.2) is 0 Å². The van der Waals surface area contributed by atoms with Crippen LogP contribution in [0.3, 0.4) is 0 Å². The van der Waals surface area contributed by atoms with E-state index in [1.807, 2.05) is 25.6 Å². The third-order valence-electron chi connectivity index (χ3n) is 3.74. The second-order valence-electron chi connectivity index (χ2n) is 4.66.